The quantitative estimate of drug-likeness (QED) is 0.515. The maximum atomic E-state index is 5.60. The summed E-state index contributed by atoms with van der Waals surface area (Å²) in [5.41, 5.74) is 8.30. The van der Waals surface area contributed by atoms with Crippen molar-refractivity contribution in [2.75, 3.05) is 5.88 Å². The zero-order valence-corrected chi connectivity index (χ0v) is 10.2. The highest BCUT2D eigenvalue weighted by molar-refractivity contribution is 6.28. The number of benzene rings is 1. The van der Waals surface area contributed by atoms with Crippen LogP contribution in [0.1, 0.15) is 0 Å². The molecule has 0 saturated carbocycles. The van der Waals surface area contributed by atoms with E-state index in [1.54, 1.807) is 4.68 Å². The number of amidine groups is 1. The van der Waals surface area contributed by atoms with Crippen LogP contribution in [0.15, 0.2) is 41.5 Å². The summed E-state index contributed by atoms with van der Waals surface area (Å²) in [4.78, 5) is 4.20. The van der Waals surface area contributed by atoms with Crippen LogP contribution in [0.2, 0.25) is 0 Å². The highest BCUT2D eigenvalue weighted by Crippen LogP contribution is 2.22. The smallest absolute Gasteiger partial charge is 0.115 e. The number of aliphatic imine (C=N–C) groups is 1. The Hall–Kier alpha value is -1.81. The molecule has 0 bridgehead atoms. The first-order chi connectivity index (χ1) is 8.19. The van der Waals surface area contributed by atoms with E-state index >= 15 is 0 Å². The molecule has 2 rings (SSSR count). The molecule has 5 heteroatoms. The lowest BCUT2D eigenvalue weighted by atomic mass is 10.1. The summed E-state index contributed by atoms with van der Waals surface area (Å²) < 4.78 is 1.76. The number of nitrogens with two attached hydrogens (primary N) is 1. The van der Waals surface area contributed by atoms with Crippen LogP contribution in [0, 0.1) is 0 Å². The van der Waals surface area contributed by atoms with Gasteiger partial charge in [-0.3, -0.25) is 4.68 Å². The van der Waals surface area contributed by atoms with Crippen LogP contribution >= 0.6 is 11.6 Å². The van der Waals surface area contributed by atoms with E-state index in [0.29, 0.717) is 5.84 Å². The Bertz CT molecular complexity index is 545. The van der Waals surface area contributed by atoms with E-state index < -0.39 is 0 Å². The Kier molecular flexibility index (Phi) is 3.44. The number of aromatic nitrogens is 2. The van der Waals surface area contributed by atoms with Crippen LogP contribution in [-0.2, 0) is 7.05 Å². The molecule has 4 nitrogen and oxygen atoms in total. The van der Waals surface area contributed by atoms with Crippen molar-refractivity contribution >= 4 is 23.1 Å². The lowest BCUT2D eigenvalue weighted by Gasteiger charge is -2.00. The lowest BCUT2D eigenvalue weighted by Crippen LogP contribution is -2.12. The third-order valence-corrected chi connectivity index (χ3v) is 2.54. The van der Waals surface area contributed by atoms with Gasteiger partial charge in [-0.1, -0.05) is 12.1 Å². The van der Waals surface area contributed by atoms with Gasteiger partial charge >= 0.3 is 0 Å². The van der Waals surface area contributed by atoms with Gasteiger partial charge in [-0.15, -0.1) is 11.6 Å². The number of rotatable bonds is 3. The standard InChI is InChI=1S/C12H13ClN4/c1-17-6-5-11(16-17)9-3-2-4-10(7-9)15-12(14)8-13/h2-7H,8H2,1H3,(H2,14,15). The maximum Gasteiger partial charge on any atom is 0.115 e. The van der Waals surface area contributed by atoms with Crippen molar-refractivity contribution in [2.45, 2.75) is 0 Å². The average molecular weight is 249 g/mol. The van der Waals surface area contributed by atoms with Gasteiger partial charge < -0.3 is 5.73 Å². The van der Waals surface area contributed by atoms with E-state index in [1.165, 1.54) is 0 Å². The maximum absolute atomic E-state index is 5.60. The summed E-state index contributed by atoms with van der Waals surface area (Å²) in [7, 11) is 1.89. The fraction of sp³-hybridized carbons (Fsp3) is 0.167. The predicted molar refractivity (Wildman–Crippen MR) is 70.6 cm³/mol. The molecule has 0 atom stereocenters. The Balaban J connectivity index is 2.35. The average Bonchev–Trinajstić information content (AvgIpc) is 2.76. The summed E-state index contributed by atoms with van der Waals surface area (Å²) >= 11 is 5.59. The molecule has 0 fully saturated rings. The Morgan fingerprint density at radius 2 is 2.29 bits per heavy atom. The van der Waals surface area contributed by atoms with Crippen LogP contribution in [0.25, 0.3) is 11.3 Å². The monoisotopic (exact) mass is 248 g/mol. The van der Waals surface area contributed by atoms with Crippen molar-refractivity contribution in [3.63, 3.8) is 0 Å². The van der Waals surface area contributed by atoms with Gasteiger partial charge in [0.1, 0.15) is 5.84 Å². The molecular formula is C12H13ClN4. The second-order valence-corrected chi connectivity index (χ2v) is 3.93. The number of hydrogen-bond acceptors (Lipinski definition) is 2. The summed E-state index contributed by atoms with van der Waals surface area (Å²) in [5, 5.41) is 4.33. The van der Waals surface area contributed by atoms with E-state index in [-0.39, 0.29) is 5.88 Å². The summed E-state index contributed by atoms with van der Waals surface area (Å²) in [5.74, 6) is 0.637. The fourth-order valence-electron chi connectivity index (χ4n) is 1.50. The molecule has 0 aliphatic rings. The zero-order chi connectivity index (χ0) is 12.3. The van der Waals surface area contributed by atoms with Crippen LogP contribution in [0.3, 0.4) is 0 Å². The third-order valence-electron chi connectivity index (χ3n) is 2.27. The number of alkyl halides is 1. The summed E-state index contributed by atoms with van der Waals surface area (Å²) in [6.07, 6.45) is 1.90. The Labute approximate surface area is 105 Å². The van der Waals surface area contributed by atoms with Crippen molar-refractivity contribution in [3.05, 3.63) is 36.5 Å². The van der Waals surface area contributed by atoms with Crippen molar-refractivity contribution < 1.29 is 0 Å². The molecule has 0 unspecified atom stereocenters. The first-order valence-corrected chi connectivity index (χ1v) is 5.71. The lowest BCUT2D eigenvalue weighted by molar-refractivity contribution is 0.771. The third kappa shape index (κ3) is 2.85. The number of hydrogen-bond donors (Lipinski definition) is 1. The molecule has 0 spiro atoms. The molecule has 0 saturated heterocycles. The van der Waals surface area contributed by atoms with Gasteiger partial charge in [-0.25, -0.2) is 4.99 Å². The van der Waals surface area contributed by atoms with Crippen LogP contribution < -0.4 is 5.73 Å². The summed E-state index contributed by atoms with van der Waals surface area (Å²) in [6.45, 7) is 0. The largest absolute Gasteiger partial charge is 0.386 e. The van der Waals surface area contributed by atoms with Crippen molar-refractivity contribution in [1.82, 2.24) is 9.78 Å². The second-order valence-electron chi connectivity index (χ2n) is 3.66. The number of aryl methyl sites for hydroxylation is 1. The highest BCUT2D eigenvalue weighted by atomic mass is 35.5. The number of nitrogens with zero attached hydrogens (tertiary/aromatic N) is 3. The first kappa shape index (κ1) is 11.7. The van der Waals surface area contributed by atoms with Crippen molar-refractivity contribution in [1.29, 1.82) is 0 Å². The van der Waals surface area contributed by atoms with Gasteiger partial charge in [0.05, 0.1) is 17.3 Å². The molecule has 0 aliphatic carbocycles. The Morgan fingerprint density at radius 1 is 1.47 bits per heavy atom. The minimum atomic E-state index is 0.230. The minimum absolute atomic E-state index is 0.230. The van der Waals surface area contributed by atoms with E-state index in [2.05, 4.69) is 10.1 Å². The molecule has 17 heavy (non-hydrogen) atoms. The second kappa shape index (κ2) is 5.01. The van der Waals surface area contributed by atoms with Crippen LogP contribution in [-0.4, -0.2) is 21.5 Å². The normalized spacial score (nSPS) is 11.8. The molecule has 88 valence electrons. The Morgan fingerprint density at radius 3 is 2.94 bits per heavy atom. The highest BCUT2D eigenvalue weighted by Gasteiger charge is 2.02. The first-order valence-electron chi connectivity index (χ1n) is 5.18. The molecule has 2 N–H and O–H groups in total. The van der Waals surface area contributed by atoms with Crippen molar-refractivity contribution in [2.24, 2.45) is 17.8 Å². The molecule has 0 radical (unpaired) electrons. The molecule has 0 amide bonds. The molecule has 1 aromatic carbocycles. The minimum Gasteiger partial charge on any atom is -0.386 e. The van der Waals surface area contributed by atoms with Gasteiger partial charge in [0, 0.05) is 18.8 Å². The van der Waals surface area contributed by atoms with E-state index in [1.807, 2.05) is 43.6 Å². The molecule has 2 aromatic rings. The van der Waals surface area contributed by atoms with Gasteiger partial charge in [0.2, 0.25) is 0 Å². The SMILES string of the molecule is Cn1ccc(-c2cccc(N=C(N)CCl)c2)n1. The van der Waals surface area contributed by atoms with Gasteiger partial charge in [-0.2, -0.15) is 5.10 Å². The van der Waals surface area contributed by atoms with Crippen molar-refractivity contribution in [3.8, 4) is 11.3 Å². The van der Waals surface area contributed by atoms with Gasteiger partial charge in [-0.05, 0) is 18.2 Å². The number of halogens is 1. The zero-order valence-electron chi connectivity index (χ0n) is 9.47. The van der Waals surface area contributed by atoms with Gasteiger partial charge in [0.15, 0.2) is 0 Å². The van der Waals surface area contributed by atoms with E-state index in [0.717, 1.165) is 16.9 Å². The van der Waals surface area contributed by atoms with E-state index in [9.17, 15) is 0 Å². The van der Waals surface area contributed by atoms with Gasteiger partial charge in [0.25, 0.3) is 0 Å². The topological polar surface area (TPSA) is 56.2 Å². The van der Waals surface area contributed by atoms with Crippen LogP contribution in [0.5, 0.6) is 0 Å². The molecular weight excluding hydrogens is 236 g/mol. The molecule has 1 aromatic heterocycles. The molecule has 1 heterocycles. The molecule has 0 aliphatic heterocycles. The van der Waals surface area contributed by atoms with E-state index in [4.69, 9.17) is 17.3 Å². The summed E-state index contributed by atoms with van der Waals surface area (Å²) in [6, 6.07) is 9.67. The van der Waals surface area contributed by atoms with Crippen LogP contribution in [0.4, 0.5) is 5.69 Å². The fourth-order valence-corrected chi connectivity index (χ4v) is 1.56. The predicted octanol–water partition coefficient (Wildman–Crippen LogP) is 2.31.